The molecule has 1 rings (SSSR count). The fraction of sp³-hybridized carbons (Fsp3) is 0.400. The minimum absolute atomic E-state index is 0.400. The van der Waals surface area contributed by atoms with Crippen molar-refractivity contribution in [2.24, 2.45) is 0 Å². The Labute approximate surface area is 120 Å². The summed E-state index contributed by atoms with van der Waals surface area (Å²) in [6, 6.07) is 5.48. The summed E-state index contributed by atoms with van der Waals surface area (Å²) >= 11 is 0. The summed E-state index contributed by atoms with van der Waals surface area (Å²) in [6.45, 7) is 6.02. The zero-order chi connectivity index (χ0) is 15.2. The molecule has 0 aliphatic carbocycles. The average molecular weight is 277 g/mol. The molecule has 0 bridgehead atoms. The van der Waals surface area contributed by atoms with Gasteiger partial charge in [-0.25, -0.2) is 4.79 Å². The Kier molecular flexibility index (Phi) is 5.43. The quantitative estimate of drug-likeness (QED) is 0.583. The Bertz CT molecular complexity index is 490. The molecular weight excluding hydrogens is 254 g/mol. The van der Waals surface area contributed by atoms with E-state index in [0.717, 1.165) is 5.56 Å². The van der Waals surface area contributed by atoms with Gasteiger partial charge in [-0.1, -0.05) is 18.2 Å². The van der Waals surface area contributed by atoms with E-state index in [1.54, 1.807) is 6.07 Å². The second-order valence-electron chi connectivity index (χ2n) is 5.51. The molecule has 5 heteroatoms. The molecule has 0 aromatic heterocycles. The van der Waals surface area contributed by atoms with Crippen molar-refractivity contribution in [2.45, 2.75) is 32.8 Å². The number of rotatable bonds is 4. The van der Waals surface area contributed by atoms with Crippen LogP contribution in [0.3, 0.4) is 0 Å². The van der Waals surface area contributed by atoms with Crippen LogP contribution in [0, 0.1) is 0 Å². The first-order valence-corrected chi connectivity index (χ1v) is 6.56. The highest BCUT2D eigenvalue weighted by Gasteiger charge is 2.15. The number of anilines is 2. The molecule has 5 N–H and O–H groups in total. The maximum Gasteiger partial charge on any atom is 0.407 e. The monoisotopic (exact) mass is 277 g/mol. The third kappa shape index (κ3) is 6.13. The second-order valence-corrected chi connectivity index (χ2v) is 5.51. The summed E-state index contributed by atoms with van der Waals surface area (Å²) < 4.78 is 5.13. The van der Waals surface area contributed by atoms with Crippen molar-refractivity contribution in [3.8, 4) is 0 Å². The van der Waals surface area contributed by atoms with Crippen LogP contribution in [0.1, 0.15) is 32.8 Å². The van der Waals surface area contributed by atoms with Gasteiger partial charge in [0.25, 0.3) is 0 Å². The average Bonchev–Trinajstić information content (AvgIpc) is 2.31. The predicted molar refractivity (Wildman–Crippen MR) is 83.2 cm³/mol. The molecule has 0 atom stereocenters. The normalized spacial score (nSPS) is 11.6. The van der Waals surface area contributed by atoms with Crippen LogP contribution in [-0.2, 0) is 4.74 Å². The number of amides is 1. The summed E-state index contributed by atoms with van der Waals surface area (Å²) in [5, 5.41) is 2.69. The number of nitrogens with two attached hydrogens (primary N) is 2. The SMILES string of the molecule is CC(C)(C)OC(=O)NCCC=Cc1ccc(N)c(N)c1. The molecule has 0 saturated carbocycles. The molecule has 0 fully saturated rings. The third-order valence-electron chi connectivity index (χ3n) is 2.40. The molecule has 110 valence electrons. The molecule has 0 spiro atoms. The number of hydrogen-bond donors (Lipinski definition) is 3. The van der Waals surface area contributed by atoms with E-state index in [9.17, 15) is 4.79 Å². The number of carbonyl (C=O) groups excluding carboxylic acids is 1. The van der Waals surface area contributed by atoms with E-state index in [1.807, 2.05) is 45.1 Å². The number of hydrogen-bond acceptors (Lipinski definition) is 4. The van der Waals surface area contributed by atoms with Crippen LogP contribution in [-0.4, -0.2) is 18.2 Å². The van der Waals surface area contributed by atoms with Crippen LogP contribution in [0.25, 0.3) is 6.08 Å². The van der Waals surface area contributed by atoms with Crippen molar-refractivity contribution in [1.82, 2.24) is 5.32 Å². The van der Waals surface area contributed by atoms with Gasteiger partial charge in [0.15, 0.2) is 0 Å². The molecule has 0 aliphatic heterocycles. The summed E-state index contributed by atoms with van der Waals surface area (Å²) in [4.78, 5) is 11.4. The van der Waals surface area contributed by atoms with Gasteiger partial charge >= 0.3 is 6.09 Å². The van der Waals surface area contributed by atoms with Gasteiger partial charge in [-0.05, 0) is 44.9 Å². The van der Waals surface area contributed by atoms with Gasteiger partial charge in [0.05, 0.1) is 11.4 Å². The van der Waals surface area contributed by atoms with E-state index in [2.05, 4.69) is 5.32 Å². The maximum atomic E-state index is 11.4. The number of alkyl carbamates (subject to hydrolysis) is 1. The molecule has 0 saturated heterocycles. The highest BCUT2D eigenvalue weighted by atomic mass is 16.6. The molecular formula is C15H23N3O2. The summed E-state index contributed by atoms with van der Waals surface area (Å²) in [6.07, 6.45) is 4.21. The van der Waals surface area contributed by atoms with Crippen LogP contribution in [0.15, 0.2) is 24.3 Å². The Balaban J connectivity index is 2.32. The van der Waals surface area contributed by atoms with Gasteiger partial charge in [-0.15, -0.1) is 0 Å². The lowest BCUT2D eigenvalue weighted by Crippen LogP contribution is -2.32. The van der Waals surface area contributed by atoms with E-state index in [-0.39, 0.29) is 0 Å². The van der Waals surface area contributed by atoms with Gasteiger partial charge in [-0.3, -0.25) is 0 Å². The fourth-order valence-electron chi connectivity index (χ4n) is 1.49. The van der Waals surface area contributed by atoms with Crippen molar-refractivity contribution in [3.05, 3.63) is 29.8 Å². The minimum atomic E-state index is -0.471. The third-order valence-corrected chi connectivity index (χ3v) is 2.40. The minimum Gasteiger partial charge on any atom is -0.444 e. The standard InChI is InChI=1S/C15H23N3O2/c1-15(2,3)20-14(19)18-9-5-4-6-11-7-8-12(16)13(17)10-11/h4,6-8,10H,5,9,16-17H2,1-3H3,(H,18,19). The number of nitrogen functional groups attached to an aromatic ring is 2. The molecule has 0 aliphatic rings. The van der Waals surface area contributed by atoms with Gasteiger partial charge in [0, 0.05) is 6.54 Å². The molecule has 1 amide bonds. The summed E-state index contributed by atoms with van der Waals surface area (Å²) in [7, 11) is 0. The van der Waals surface area contributed by atoms with Crippen LogP contribution in [0.5, 0.6) is 0 Å². The number of benzene rings is 1. The summed E-state index contributed by atoms with van der Waals surface area (Å²) in [5.41, 5.74) is 13.0. The number of carbonyl (C=O) groups is 1. The lowest BCUT2D eigenvalue weighted by atomic mass is 10.1. The van der Waals surface area contributed by atoms with Gasteiger partial charge in [-0.2, -0.15) is 0 Å². The van der Waals surface area contributed by atoms with Gasteiger partial charge < -0.3 is 21.5 Å². The Morgan fingerprint density at radius 3 is 2.60 bits per heavy atom. The molecule has 5 nitrogen and oxygen atoms in total. The smallest absolute Gasteiger partial charge is 0.407 e. The highest BCUT2D eigenvalue weighted by Crippen LogP contribution is 2.16. The summed E-state index contributed by atoms with van der Waals surface area (Å²) in [5.74, 6) is 0. The maximum absolute atomic E-state index is 11.4. The first-order chi connectivity index (χ1) is 9.28. The van der Waals surface area contributed by atoms with Crippen LogP contribution < -0.4 is 16.8 Å². The van der Waals surface area contributed by atoms with Gasteiger partial charge in [0.2, 0.25) is 0 Å². The lowest BCUT2D eigenvalue weighted by molar-refractivity contribution is 0.0529. The van der Waals surface area contributed by atoms with Crippen molar-refractivity contribution < 1.29 is 9.53 Å². The molecule has 1 aromatic rings. The van der Waals surface area contributed by atoms with E-state index in [0.29, 0.717) is 24.3 Å². The molecule has 0 radical (unpaired) electrons. The van der Waals surface area contributed by atoms with Crippen LogP contribution in [0.4, 0.5) is 16.2 Å². The number of nitrogens with one attached hydrogen (secondary N) is 1. The first-order valence-electron chi connectivity index (χ1n) is 6.56. The van der Waals surface area contributed by atoms with Gasteiger partial charge in [0.1, 0.15) is 5.60 Å². The lowest BCUT2D eigenvalue weighted by Gasteiger charge is -2.19. The molecule has 1 aromatic carbocycles. The first kappa shape index (κ1) is 15.9. The zero-order valence-electron chi connectivity index (χ0n) is 12.3. The van der Waals surface area contributed by atoms with Crippen molar-refractivity contribution >= 4 is 23.5 Å². The van der Waals surface area contributed by atoms with Crippen molar-refractivity contribution in [3.63, 3.8) is 0 Å². The van der Waals surface area contributed by atoms with E-state index in [4.69, 9.17) is 16.2 Å². The molecule has 0 unspecified atom stereocenters. The van der Waals surface area contributed by atoms with E-state index < -0.39 is 11.7 Å². The second kappa shape index (κ2) is 6.84. The van der Waals surface area contributed by atoms with Crippen LogP contribution in [0.2, 0.25) is 0 Å². The van der Waals surface area contributed by atoms with Crippen LogP contribution >= 0.6 is 0 Å². The Morgan fingerprint density at radius 1 is 1.30 bits per heavy atom. The topological polar surface area (TPSA) is 90.4 Å². The van der Waals surface area contributed by atoms with Crippen molar-refractivity contribution in [1.29, 1.82) is 0 Å². The Morgan fingerprint density at radius 2 is 2.00 bits per heavy atom. The number of ether oxygens (including phenoxy) is 1. The molecule has 0 heterocycles. The highest BCUT2D eigenvalue weighted by molar-refractivity contribution is 5.68. The Hall–Kier alpha value is -2.17. The van der Waals surface area contributed by atoms with E-state index >= 15 is 0 Å². The fourth-order valence-corrected chi connectivity index (χ4v) is 1.49. The predicted octanol–water partition coefficient (Wildman–Crippen LogP) is 2.78. The molecule has 20 heavy (non-hydrogen) atoms. The largest absolute Gasteiger partial charge is 0.444 e. The zero-order valence-corrected chi connectivity index (χ0v) is 12.3. The van der Waals surface area contributed by atoms with Crippen molar-refractivity contribution in [2.75, 3.05) is 18.0 Å². The van der Waals surface area contributed by atoms with E-state index in [1.165, 1.54) is 0 Å².